The summed E-state index contributed by atoms with van der Waals surface area (Å²) in [7, 11) is -5.07. The maximum atomic E-state index is 12.8. The van der Waals surface area contributed by atoms with E-state index in [1.165, 1.54) is 32.1 Å². The van der Waals surface area contributed by atoms with E-state index in [-0.39, 0.29) is 19.6 Å². The van der Waals surface area contributed by atoms with Crippen LogP contribution >= 0.6 is 0 Å². The van der Waals surface area contributed by atoms with Crippen molar-refractivity contribution in [2.24, 2.45) is 0 Å². The first kappa shape index (κ1) is 54.8. The maximum Gasteiger partial charge on any atom is 0.397 e. The van der Waals surface area contributed by atoms with Crippen LogP contribution in [0.1, 0.15) is 162 Å². The maximum absolute atomic E-state index is 12.8. The van der Waals surface area contributed by atoms with Gasteiger partial charge in [-0.05, 0) is 77.0 Å². The molecule has 0 aliphatic carbocycles. The molecule has 0 saturated carbocycles. The molecule has 1 saturated heterocycles. The van der Waals surface area contributed by atoms with Crippen molar-refractivity contribution in [3.8, 4) is 0 Å². The molecule has 6 unspecified atom stereocenters. The molecular formula is C46H80O12S. The molecule has 1 fully saturated rings. The quantitative estimate of drug-likeness (QED) is 0.0201. The molecule has 0 amide bonds. The van der Waals surface area contributed by atoms with E-state index in [1.54, 1.807) is 0 Å². The third kappa shape index (κ3) is 31.3. The van der Waals surface area contributed by atoms with Crippen molar-refractivity contribution in [1.82, 2.24) is 0 Å². The zero-order valence-corrected chi connectivity index (χ0v) is 37.1. The van der Waals surface area contributed by atoms with Crippen molar-refractivity contribution in [3.63, 3.8) is 0 Å². The normalized spacial score (nSPS) is 20.9. The fraction of sp³-hybridized carbons (Fsp3) is 0.761. The zero-order valence-electron chi connectivity index (χ0n) is 36.3. The Morgan fingerprint density at radius 1 is 0.661 bits per heavy atom. The molecule has 59 heavy (non-hydrogen) atoms. The first-order valence-electron chi connectivity index (χ1n) is 22.5. The molecule has 0 bridgehead atoms. The Balaban J connectivity index is 2.46. The molecule has 0 aromatic heterocycles. The van der Waals surface area contributed by atoms with Crippen LogP contribution in [0.4, 0.5) is 0 Å². The Kier molecular flexibility index (Phi) is 34.9. The smallest absolute Gasteiger partial charge is 0.397 e. The largest absolute Gasteiger partial charge is 0.457 e. The fourth-order valence-electron chi connectivity index (χ4n) is 6.48. The highest BCUT2D eigenvalue weighted by atomic mass is 32.3. The van der Waals surface area contributed by atoms with Gasteiger partial charge in [-0.3, -0.25) is 9.35 Å². The van der Waals surface area contributed by atoms with Crippen molar-refractivity contribution < 1.29 is 56.2 Å². The molecule has 1 aliphatic rings. The molecule has 1 aliphatic heterocycles. The van der Waals surface area contributed by atoms with Gasteiger partial charge in [0.05, 0.1) is 19.8 Å². The molecule has 13 heteroatoms. The summed E-state index contributed by atoms with van der Waals surface area (Å²) >= 11 is 0. The first-order valence-corrected chi connectivity index (χ1v) is 23.9. The predicted octanol–water partition coefficient (Wildman–Crippen LogP) is 9.35. The SMILES string of the molecule is CC/C=C\C/C=C\C/C=C\C/C=C\CCCCCCCOCC(COC1OC(CO)C(O)C(OS(=O)(=O)O)C1O)OC(=O)CCCCCCC/C=C\CCCCCCC. The number of hydrogen-bond donors (Lipinski definition) is 4. The van der Waals surface area contributed by atoms with Crippen molar-refractivity contribution in [3.05, 3.63) is 60.8 Å². The van der Waals surface area contributed by atoms with E-state index >= 15 is 0 Å². The highest BCUT2D eigenvalue weighted by Gasteiger charge is 2.48. The number of unbranched alkanes of at least 4 members (excludes halogenated alkanes) is 15. The summed E-state index contributed by atoms with van der Waals surface area (Å²) in [5.41, 5.74) is 0. The summed E-state index contributed by atoms with van der Waals surface area (Å²) in [6.07, 6.45) is 36.8. The number of rotatable bonds is 38. The van der Waals surface area contributed by atoms with E-state index in [2.05, 4.69) is 78.8 Å². The second-order valence-electron chi connectivity index (χ2n) is 15.3. The topological polar surface area (TPSA) is 178 Å². The summed E-state index contributed by atoms with van der Waals surface area (Å²) in [4.78, 5) is 12.8. The van der Waals surface area contributed by atoms with Gasteiger partial charge >= 0.3 is 16.4 Å². The lowest BCUT2D eigenvalue weighted by Crippen LogP contribution is -2.60. The Morgan fingerprint density at radius 3 is 1.73 bits per heavy atom. The molecule has 4 N–H and O–H groups in total. The van der Waals surface area contributed by atoms with E-state index < -0.39 is 59.8 Å². The summed E-state index contributed by atoms with van der Waals surface area (Å²) in [6, 6.07) is 0. The van der Waals surface area contributed by atoms with Gasteiger partial charge in [-0.15, -0.1) is 0 Å². The van der Waals surface area contributed by atoms with Gasteiger partial charge in [0.2, 0.25) is 0 Å². The predicted molar refractivity (Wildman–Crippen MR) is 234 cm³/mol. The average Bonchev–Trinajstić information content (AvgIpc) is 3.20. The van der Waals surface area contributed by atoms with Gasteiger partial charge in [0.25, 0.3) is 0 Å². The van der Waals surface area contributed by atoms with Crippen molar-refractivity contribution in [2.45, 2.75) is 198 Å². The highest BCUT2D eigenvalue weighted by Crippen LogP contribution is 2.26. The van der Waals surface area contributed by atoms with Crippen molar-refractivity contribution >= 4 is 16.4 Å². The van der Waals surface area contributed by atoms with Crippen LogP contribution in [-0.2, 0) is 38.3 Å². The number of ether oxygens (including phenoxy) is 4. The summed E-state index contributed by atoms with van der Waals surface area (Å²) in [5.74, 6) is -0.418. The molecule has 0 aromatic rings. The molecule has 1 heterocycles. The summed E-state index contributed by atoms with van der Waals surface area (Å²) in [6.45, 7) is 3.80. The molecule has 0 aromatic carbocycles. The van der Waals surface area contributed by atoms with Crippen LogP contribution in [0.2, 0.25) is 0 Å². The van der Waals surface area contributed by atoms with Crippen molar-refractivity contribution in [2.75, 3.05) is 26.4 Å². The van der Waals surface area contributed by atoms with Gasteiger partial charge in [0.1, 0.15) is 30.5 Å². The molecule has 0 spiro atoms. The number of aliphatic hydroxyl groups is 3. The Hall–Kier alpha value is -2.20. The second kappa shape index (κ2) is 37.6. The van der Waals surface area contributed by atoms with Crippen LogP contribution in [0.25, 0.3) is 0 Å². The van der Waals surface area contributed by atoms with Crippen LogP contribution in [0.15, 0.2) is 60.8 Å². The van der Waals surface area contributed by atoms with E-state index in [1.807, 2.05) is 0 Å². The number of carbonyl (C=O) groups is 1. The van der Waals surface area contributed by atoms with Crippen molar-refractivity contribution in [1.29, 1.82) is 0 Å². The minimum Gasteiger partial charge on any atom is -0.457 e. The van der Waals surface area contributed by atoms with Crippen LogP contribution in [0, 0.1) is 0 Å². The molecule has 342 valence electrons. The third-order valence-corrected chi connectivity index (χ3v) is 10.3. The zero-order chi connectivity index (χ0) is 43.2. The van der Waals surface area contributed by atoms with Crippen LogP contribution in [-0.4, -0.2) is 97.5 Å². The van der Waals surface area contributed by atoms with Gasteiger partial charge < -0.3 is 34.3 Å². The Labute approximate surface area is 357 Å². The number of allylic oxidation sites excluding steroid dienone is 10. The lowest BCUT2D eigenvalue weighted by molar-refractivity contribution is -0.301. The van der Waals surface area contributed by atoms with E-state index in [0.29, 0.717) is 13.0 Å². The van der Waals surface area contributed by atoms with E-state index in [0.717, 1.165) is 103 Å². The number of aliphatic hydroxyl groups excluding tert-OH is 3. The third-order valence-electron chi connectivity index (χ3n) is 9.87. The van der Waals surface area contributed by atoms with E-state index in [4.69, 9.17) is 23.5 Å². The number of hydrogen-bond acceptors (Lipinski definition) is 11. The molecular weight excluding hydrogens is 777 g/mol. The van der Waals surface area contributed by atoms with Gasteiger partial charge in [-0.2, -0.15) is 8.42 Å². The van der Waals surface area contributed by atoms with Crippen LogP contribution in [0.5, 0.6) is 0 Å². The number of carbonyl (C=O) groups excluding carboxylic acids is 1. The average molecular weight is 857 g/mol. The first-order chi connectivity index (χ1) is 28.6. The Bertz CT molecular complexity index is 1260. The van der Waals surface area contributed by atoms with Gasteiger partial charge in [-0.25, -0.2) is 4.18 Å². The second-order valence-corrected chi connectivity index (χ2v) is 16.3. The lowest BCUT2D eigenvalue weighted by Gasteiger charge is -2.41. The molecule has 6 atom stereocenters. The van der Waals surface area contributed by atoms with Crippen LogP contribution < -0.4 is 0 Å². The molecule has 12 nitrogen and oxygen atoms in total. The minimum atomic E-state index is -5.07. The fourth-order valence-corrected chi connectivity index (χ4v) is 6.99. The van der Waals surface area contributed by atoms with Gasteiger partial charge in [-0.1, -0.05) is 139 Å². The van der Waals surface area contributed by atoms with Gasteiger partial charge in [0.15, 0.2) is 6.29 Å². The Morgan fingerprint density at radius 2 is 1.17 bits per heavy atom. The summed E-state index contributed by atoms with van der Waals surface area (Å²) < 4.78 is 59.0. The summed E-state index contributed by atoms with van der Waals surface area (Å²) in [5, 5.41) is 30.6. The lowest BCUT2D eigenvalue weighted by atomic mass is 9.99. The standard InChI is InChI=1S/C46H80O12S/c1-3-5-7-9-11-13-15-17-19-20-21-22-24-26-28-30-32-34-36-54-38-40(39-55-46-44(50)45(58-59(51,52)53)43(49)41(37-47)57-46)56-42(48)35-33-31-29-27-25-23-18-16-14-12-10-8-6-4-2/h5,7,11,13,16-19,21-22,40-41,43-47,49-50H,3-4,6,8-10,12,14-15,20,23-39H2,1-2H3,(H,51,52,53)/b7-5-,13-11-,18-16-,19-17-,22-21-. The van der Waals surface area contributed by atoms with Gasteiger partial charge in [0, 0.05) is 13.0 Å². The molecule has 1 rings (SSSR count). The molecule has 0 radical (unpaired) electrons. The minimum absolute atomic E-state index is 0.0175. The monoisotopic (exact) mass is 857 g/mol. The van der Waals surface area contributed by atoms with Crippen LogP contribution in [0.3, 0.4) is 0 Å². The highest BCUT2D eigenvalue weighted by molar-refractivity contribution is 7.80. The number of esters is 1. The van der Waals surface area contributed by atoms with E-state index in [9.17, 15) is 28.5 Å².